The Bertz CT molecular complexity index is 1260. The molecule has 1 unspecified atom stereocenters. The van der Waals surface area contributed by atoms with E-state index in [0.29, 0.717) is 19.3 Å². The molecule has 0 bridgehead atoms. The summed E-state index contributed by atoms with van der Waals surface area (Å²) in [5.74, 6) is -0.825. The summed E-state index contributed by atoms with van der Waals surface area (Å²) in [6, 6.07) is 0. The largest absolute Gasteiger partial charge is 0.462 e. The predicted octanol–water partition coefficient (Wildman–Crippen LogP) is 25.6. The summed E-state index contributed by atoms with van der Waals surface area (Å²) in [5.41, 5.74) is 0. The Morgan fingerprint density at radius 3 is 0.617 bits per heavy atom. The number of carbonyl (C=O) groups excluding carboxylic acids is 3. The lowest BCUT2D eigenvalue weighted by Crippen LogP contribution is -2.30. The average molecular weight is 1140 g/mol. The average Bonchev–Trinajstić information content (AvgIpc) is 3.47. The number of rotatable bonds is 70. The fraction of sp³-hybridized carbons (Fsp3) is 0.933. The van der Waals surface area contributed by atoms with E-state index in [1.54, 1.807) is 0 Å². The lowest BCUT2D eigenvalue weighted by molar-refractivity contribution is -0.167. The molecule has 0 aliphatic rings. The van der Waals surface area contributed by atoms with E-state index in [1.165, 1.54) is 334 Å². The summed E-state index contributed by atoms with van der Waals surface area (Å²) in [4.78, 5) is 38.5. The highest BCUT2D eigenvalue weighted by molar-refractivity contribution is 5.71. The molecule has 0 aromatic carbocycles. The number of hydrogen-bond acceptors (Lipinski definition) is 6. The molecule has 0 aromatic heterocycles. The molecule has 0 rings (SSSR count). The highest BCUT2D eigenvalue weighted by atomic mass is 16.6. The van der Waals surface area contributed by atoms with Crippen molar-refractivity contribution in [3.8, 4) is 0 Å². The molecule has 0 saturated heterocycles. The van der Waals surface area contributed by atoms with Crippen LogP contribution in [-0.4, -0.2) is 37.2 Å². The fourth-order valence-electron chi connectivity index (χ4n) is 11.7. The highest BCUT2D eigenvalue weighted by Crippen LogP contribution is 2.19. The van der Waals surface area contributed by atoms with Crippen LogP contribution in [0.5, 0.6) is 0 Å². The van der Waals surface area contributed by atoms with Crippen molar-refractivity contribution in [3.05, 3.63) is 12.2 Å². The second-order valence-electron chi connectivity index (χ2n) is 25.6. The van der Waals surface area contributed by atoms with Crippen LogP contribution in [0.15, 0.2) is 12.2 Å². The minimum Gasteiger partial charge on any atom is -0.462 e. The van der Waals surface area contributed by atoms with Crippen molar-refractivity contribution < 1.29 is 28.6 Å². The van der Waals surface area contributed by atoms with Gasteiger partial charge in [-0.25, -0.2) is 0 Å². The van der Waals surface area contributed by atoms with Gasteiger partial charge in [0.1, 0.15) is 13.2 Å². The van der Waals surface area contributed by atoms with Crippen molar-refractivity contribution in [2.45, 2.75) is 438 Å². The molecule has 0 fully saturated rings. The molecule has 6 heteroatoms. The van der Waals surface area contributed by atoms with Gasteiger partial charge in [0.15, 0.2) is 6.10 Å². The van der Waals surface area contributed by atoms with Gasteiger partial charge in [-0.05, 0) is 44.9 Å². The van der Waals surface area contributed by atoms with Crippen LogP contribution in [0.4, 0.5) is 0 Å². The minimum atomic E-state index is -0.768. The van der Waals surface area contributed by atoms with Crippen LogP contribution in [0.3, 0.4) is 0 Å². The SMILES string of the molecule is CCCCCCCCCC/C=C\CCCCCCCCCCCC(=O)OC(COC(=O)CCCCCCCCCCCCCCCCCCCC)COC(=O)CCCCCCCCCCCCCCCCCCCCCCCCCC. The molecule has 81 heavy (non-hydrogen) atoms. The molecule has 0 N–H and O–H groups in total. The number of unbranched alkanes of at least 4 members (excludes halogenated alkanes) is 57. The zero-order chi connectivity index (χ0) is 58.5. The Labute approximate surface area is 507 Å². The second kappa shape index (κ2) is 70.6. The topological polar surface area (TPSA) is 78.9 Å². The molecule has 6 nitrogen and oxygen atoms in total. The van der Waals surface area contributed by atoms with E-state index in [2.05, 4.69) is 32.9 Å². The van der Waals surface area contributed by atoms with Gasteiger partial charge in [0, 0.05) is 19.3 Å². The monoisotopic (exact) mass is 1140 g/mol. The zero-order valence-electron chi connectivity index (χ0n) is 55.4. The van der Waals surface area contributed by atoms with Gasteiger partial charge in [-0.15, -0.1) is 0 Å². The maximum atomic E-state index is 13.0. The summed E-state index contributed by atoms with van der Waals surface area (Å²) in [6.45, 7) is 6.74. The summed E-state index contributed by atoms with van der Waals surface area (Å²) >= 11 is 0. The third-order valence-electron chi connectivity index (χ3n) is 17.3. The number of hydrogen-bond donors (Lipinski definition) is 0. The molecule has 0 aliphatic carbocycles. The number of esters is 3. The van der Waals surface area contributed by atoms with E-state index in [0.717, 1.165) is 57.8 Å². The van der Waals surface area contributed by atoms with Crippen LogP contribution in [-0.2, 0) is 28.6 Å². The molecule has 0 radical (unpaired) electrons. The van der Waals surface area contributed by atoms with E-state index in [9.17, 15) is 14.4 Å². The summed E-state index contributed by atoms with van der Waals surface area (Å²) in [6.07, 6.45) is 85.3. The fourth-order valence-corrected chi connectivity index (χ4v) is 11.7. The summed E-state index contributed by atoms with van der Waals surface area (Å²) in [5, 5.41) is 0. The molecule has 1 atom stereocenters. The molecule has 0 heterocycles. The standard InChI is InChI=1S/C75H144O6/c1-4-7-10-13-16-19-22-25-28-31-34-36-37-38-40-41-44-47-50-53-56-59-62-65-68-74(77)80-71-72(70-79-73(76)67-64-61-58-55-52-49-46-43-33-30-27-24-21-18-15-12-9-6-3)81-75(78)69-66-63-60-57-54-51-48-45-42-39-35-32-29-26-23-20-17-14-11-8-5-2/h32,35,72H,4-31,33-34,36-71H2,1-3H3/b35-32-. The van der Waals surface area contributed by atoms with Crippen molar-refractivity contribution in [3.63, 3.8) is 0 Å². The van der Waals surface area contributed by atoms with Gasteiger partial charge in [0.05, 0.1) is 0 Å². The predicted molar refractivity (Wildman–Crippen MR) is 353 cm³/mol. The first-order valence-corrected chi connectivity index (χ1v) is 37.2. The third kappa shape index (κ3) is 68.8. The van der Waals surface area contributed by atoms with Crippen LogP contribution >= 0.6 is 0 Å². The van der Waals surface area contributed by atoms with Crippen molar-refractivity contribution in [2.24, 2.45) is 0 Å². The van der Waals surface area contributed by atoms with Gasteiger partial charge < -0.3 is 14.2 Å². The molecular weight excluding hydrogens is 997 g/mol. The Balaban J connectivity index is 4.27. The lowest BCUT2D eigenvalue weighted by atomic mass is 10.0. The Morgan fingerprint density at radius 2 is 0.407 bits per heavy atom. The number of ether oxygens (including phenoxy) is 3. The van der Waals surface area contributed by atoms with Crippen LogP contribution in [0.2, 0.25) is 0 Å². The van der Waals surface area contributed by atoms with Crippen molar-refractivity contribution in [1.82, 2.24) is 0 Å². The van der Waals surface area contributed by atoms with E-state index >= 15 is 0 Å². The van der Waals surface area contributed by atoms with Crippen LogP contribution in [0, 0.1) is 0 Å². The summed E-state index contributed by atoms with van der Waals surface area (Å²) < 4.78 is 17.0. The van der Waals surface area contributed by atoms with E-state index in [4.69, 9.17) is 14.2 Å². The maximum absolute atomic E-state index is 13.0. The second-order valence-corrected chi connectivity index (χ2v) is 25.6. The highest BCUT2D eigenvalue weighted by Gasteiger charge is 2.20. The first-order valence-electron chi connectivity index (χ1n) is 37.2. The normalized spacial score (nSPS) is 12.0. The molecule has 0 aliphatic heterocycles. The molecule has 480 valence electrons. The van der Waals surface area contributed by atoms with Crippen LogP contribution in [0.25, 0.3) is 0 Å². The third-order valence-corrected chi connectivity index (χ3v) is 17.3. The maximum Gasteiger partial charge on any atom is 0.306 e. The van der Waals surface area contributed by atoms with Crippen molar-refractivity contribution in [1.29, 1.82) is 0 Å². The van der Waals surface area contributed by atoms with Crippen LogP contribution in [0.1, 0.15) is 432 Å². The van der Waals surface area contributed by atoms with Crippen molar-refractivity contribution in [2.75, 3.05) is 13.2 Å². The quantitative estimate of drug-likeness (QED) is 0.0261. The Hall–Kier alpha value is -1.85. The molecule has 0 saturated carbocycles. The van der Waals surface area contributed by atoms with E-state index in [1.807, 2.05) is 0 Å². The van der Waals surface area contributed by atoms with E-state index < -0.39 is 6.10 Å². The first-order chi connectivity index (χ1) is 40.0. The molecule has 0 aromatic rings. The van der Waals surface area contributed by atoms with Gasteiger partial charge in [-0.3, -0.25) is 14.4 Å². The van der Waals surface area contributed by atoms with Gasteiger partial charge in [-0.2, -0.15) is 0 Å². The van der Waals surface area contributed by atoms with Gasteiger partial charge >= 0.3 is 17.9 Å². The molecule has 0 spiro atoms. The van der Waals surface area contributed by atoms with Crippen LogP contribution < -0.4 is 0 Å². The minimum absolute atomic E-state index is 0.0634. The molecule has 0 amide bonds. The number of carbonyl (C=O) groups is 3. The summed E-state index contributed by atoms with van der Waals surface area (Å²) in [7, 11) is 0. The Kier molecular flexibility index (Phi) is 69.0. The number of allylic oxidation sites excluding steroid dienone is 2. The molecular formula is C75H144O6. The Morgan fingerprint density at radius 1 is 0.235 bits per heavy atom. The zero-order valence-corrected chi connectivity index (χ0v) is 55.4. The van der Waals surface area contributed by atoms with Crippen molar-refractivity contribution >= 4 is 17.9 Å². The van der Waals surface area contributed by atoms with E-state index in [-0.39, 0.29) is 31.1 Å². The smallest absolute Gasteiger partial charge is 0.306 e. The van der Waals surface area contributed by atoms with Gasteiger partial charge in [0.25, 0.3) is 0 Å². The lowest BCUT2D eigenvalue weighted by Gasteiger charge is -2.18. The van der Waals surface area contributed by atoms with Gasteiger partial charge in [-0.1, -0.05) is 380 Å². The van der Waals surface area contributed by atoms with Gasteiger partial charge in [0.2, 0.25) is 0 Å². The first kappa shape index (κ1) is 79.2.